The summed E-state index contributed by atoms with van der Waals surface area (Å²) in [6.45, 7) is 6.75. The minimum atomic E-state index is 0.352. The van der Waals surface area contributed by atoms with Gasteiger partial charge in [0, 0.05) is 5.69 Å². The molecule has 0 aliphatic carbocycles. The first-order valence-corrected chi connectivity index (χ1v) is 8.42. The van der Waals surface area contributed by atoms with Crippen molar-refractivity contribution >= 4 is 12.2 Å². The monoisotopic (exact) mass is 339 g/mol. The molecule has 2 aromatic carbocycles. The quantitative estimate of drug-likeness (QED) is 0.670. The molecular weight excluding hydrogens is 318 g/mol. The third-order valence-electron chi connectivity index (χ3n) is 3.90. The van der Waals surface area contributed by atoms with E-state index < -0.39 is 0 Å². The van der Waals surface area contributed by atoms with Crippen LogP contribution in [-0.4, -0.2) is 14.8 Å². The van der Waals surface area contributed by atoms with E-state index in [2.05, 4.69) is 49.2 Å². The summed E-state index contributed by atoms with van der Waals surface area (Å²) >= 11 is 5.36. The van der Waals surface area contributed by atoms with E-state index in [1.54, 1.807) is 0 Å². The lowest BCUT2D eigenvalue weighted by molar-refractivity contribution is 0.289. The fraction of sp³-hybridized carbons (Fsp3) is 0.263. The maximum absolute atomic E-state index is 6.09. The van der Waals surface area contributed by atoms with Crippen molar-refractivity contribution in [3.8, 4) is 11.4 Å². The second-order valence-electron chi connectivity index (χ2n) is 6.10. The van der Waals surface area contributed by atoms with Crippen molar-refractivity contribution < 1.29 is 4.74 Å². The number of rotatable bonds is 5. The number of aromatic amines is 1. The van der Waals surface area contributed by atoms with Crippen LogP contribution in [0.1, 0.15) is 36.7 Å². The molecule has 5 heteroatoms. The molecule has 1 heterocycles. The molecule has 0 spiro atoms. The lowest BCUT2D eigenvalue weighted by atomic mass is 10.0. The lowest BCUT2D eigenvalue weighted by Crippen LogP contribution is -2.07. The predicted octanol–water partition coefficient (Wildman–Crippen LogP) is 4.94. The molecule has 3 aromatic rings. The summed E-state index contributed by atoms with van der Waals surface area (Å²) in [6, 6.07) is 16.3. The average molecular weight is 339 g/mol. The van der Waals surface area contributed by atoms with E-state index in [1.807, 2.05) is 34.9 Å². The third-order valence-corrected chi connectivity index (χ3v) is 4.18. The molecule has 1 aromatic heterocycles. The first-order chi connectivity index (χ1) is 11.6. The SMILES string of the molecule is Cc1ccc(C(C)C)c(OCc2n[nH]c(=S)n2-c2ccccc2)c1. The maximum Gasteiger partial charge on any atom is 0.199 e. The van der Waals surface area contributed by atoms with Crippen LogP contribution >= 0.6 is 12.2 Å². The van der Waals surface area contributed by atoms with Crippen LogP contribution in [0.2, 0.25) is 0 Å². The number of benzene rings is 2. The van der Waals surface area contributed by atoms with Crippen molar-refractivity contribution in [1.82, 2.24) is 14.8 Å². The fourth-order valence-electron chi connectivity index (χ4n) is 2.66. The highest BCUT2D eigenvalue weighted by atomic mass is 32.1. The maximum atomic E-state index is 6.09. The molecule has 4 nitrogen and oxygen atoms in total. The van der Waals surface area contributed by atoms with E-state index in [-0.39, 0.29) is 0 Å². The Balaban J connectivity index is 1.89. The van der Waals surface area contributed by atoms with Crippen LogP contribution in [-0.2, 0) is 6.61 Å². The summed E-state index contributed by atoms with van der Waals surface area (Å²) in [5.74, 6) is 2.05. The standard InChI is InChI=1S/C19H21N3OS/c1-13(2)16-10-9-14(3)11-17(16)23-12-18-20-21-19(24)22(18)15-7-5-4-6-8-15/h4-11,13H,12H2,1-3H3,(H,21,24). The van der Waals surface area contributed by atoms with E-state index in [0.717, 1.165) is 17.3 Å². The van der Waals surface area contributed by atoms with Gasteiger partial charge in [-0.2, -0.15) is 5.10 Å². The van der Waals surface area contributed by atoms with Crippen molar-refractivity contribution in [2.45, 2.75) is 33.3 Å². The van der Waals surface area contributed by atoms with Crippen LogP contribution in [0.4, 0.5) is 0 Å². The van der Waals surface area contributed by atoms with Gasteiger partial charge in [0.1, 0.15) is 12.4 Å². The Kier molecular flexibility index (Phi) is 4.81. The second-order valence-corrected chi connectivity index (χ2v) is 6.49. The van der Waals surface area contributed by atoms with Gasteiger partial charge in [0.25, 0.3) is 0 Å². The lowest BCUT2D eigenvalue weighted by Gasteiger charge is -2.15. The second kappa shape index (κ2) is 7.01. The van der Waals surface area contributed by atoms with Crippen LogP contribution in [0.25, 0.3) is 5.69 Å². The zero-order chi connectivity index (χ0) is 17.1. The van der Waals surface area contributed by atoms with Crippen molar-refractivity contribution in [2.75, 3.05) is 0 Å². The van der Waals surface area contributed by atoms with Crippen molar-refractivity contribution in [3.63, 3.8) is 0 Å². The fourth-order valence-corrected chi connectivity index (χ4v) is 2.91. The average Bonchev–Trinajstić information content (AvgIpc) is 2.94. The molecule has 0 unspecified atom stereocenters. The molecule has 0 saturated carbocycles. The molecule has 0 atom stereocenters. The van der Waals surface area contributed by atoms with E-state index in [0.29, 0.717) is 17.3 Å². The van der Waals surface area contributed by atoms with Gasteiger partial charge in [-0.1, -0.05) is 44.2 Å². The van der Waals surface area contributed by atoms with E-state index in [4.69, 9.17) is 17.0 Å². The van der Waals surface area contributed by atoms with Gasteiger partial charge >= 0.3 is 0 Å². The number of hydrogen-bond donors (Lipinski definition) is 1. The van der Waals surface area contributed by atoms with Crippen LogP contribution in [0, 0.1) is 11.7 Å². The number of ether oxygens (including phenoxy) is 1. The Morgan fingerprint density at radius 2 is 1.92 bits per heavy atom. The first-order valence-electron chi connectivity index (χ1n) is 8.01. The Hall–Kier alpha value is -2.40. The highest BCUT2D eigenvalue weighted by Crippen LogP contribution is 2.28. The summed E-state index contributed by atoms with van der Waals surface area (Å²) in [5.41, 5.74) is 3.35. The van der Waals surface area contributed by atoms with Gasteiger partial charge in [-0.25, -0.2) is 0 Å². The predicted molar refractivity (Wildman–Crippen MR) is 98.3 cm³/mol. The van der Waals surface area contributed by atoms with Gasteiger partial charge in [-0.3, -0.25) is 9.67 Å². The van der Waals surface area contributed by atoms with Gasteiger partial charge in [0.05, 0.1) is 0 Å². The Bertz CT molecular complexity index is 881. The normalized spacial score (nSPS) is 11.0. The number of nitrogens with one attached hydrogen (secondary N) is 1. The molecule has 0 radical (unpaired) electrons. The zero-order valence-electron chi connectivity index (χ0n) is 14.1. The smallest absolute Gasteiger partial charge is 0.199 e. The van der Waals surface area contributed by atoms with Crippen molar-refractivity contribution in [3.05, 3.63) is 70.3 Å². The van der Waals surface area contributed by atoms with Crippen LogP contribution < -0.4 is 4.74 Å². The van der Waals surface area contributed by atoms with Crippen LogP contribution in [0.5, 0.6) is 5.75 Å². The molecule has 0 aliphatic heterocycles. The summed E-state index contributed by atoms with van der Waals surface area (Å²) in [7, 11) is 0. The molecule has 3 rings (SSSR count). The summed E-state index contributed by atoms with van der Waals surface area (Å²) in [6.07, 6.45) is 0. The van der Waals surface area contributed by atoms with Crippen molar-refractivity contribution in [2.24, 2.45) is 0 Å². The molecule has 1 N–H and O–H groups in total. The number of hydrogen-bond acceptors (Lipinski definition) is 3. The molecule has 0 aliphatic rings. The molecular formula is C19H21N3OS. The number of aromatic nitrogens is 3. The largest absolute Gasteiger partial charge is 0.485 e. The topological polar surface area (TPSA) is 42.8 Å². The molecule has 124 valence electrons. The van der Waals surface area contributed by atoms with Crippen molar-refractivity contribution in [1.29, 1.82) is 0 Å². The number of H-pyrrole nitrogens is 1. The Labute approximate surface area is 147 Å². The summed E-state index contributed by atoms with van der Waals surface area (Å²) in [4.78, 5) is 0. The van der Waals surface area contributed by atoms with Gasteiger partial charge in [0.15, 0.2) is 10.6 Å². The number of para-hydroxylation sites is 1. The highest BCUT2D eigenvalue weighted by molar-refractivity contribution is 7.71. The first kappa shape index (κ1) is 16.5. The van der Waals surface area contributed by atoms with Gasteiger partial charge in [-0.05, 0) is 54.4 Å². The van der Waals surface area contributed by atoms with Gasteiger partial charge in [0.2, 0.25) is 0 Å². The van der Waals surface area contributed by atoms with E-state index >= 15 is 0 Å². The van der Waals surface area contributed by atoms with Gasteiger partial charge < -0.3 is 4.74 Å². The highest BCUT2D eigenvalue weighted by Gasteiger charge is 2.12. The number of nitrogens with zero attached hydrogens (tertiary/aromatic N) is 2. The Morgan fingerprint density at radius 1 is 1.17 bits per heavy atom. The minimum absolute atomic E-state index is 0.352. The molecule has 0 bridgehead atoms. The molecule has 0 amide bonds. The summed E-state index contributed by atoms with van der Waals surface area (Å²) in [5, 5.41) is 7.18. The minimum Gasteiger partial charge on any atom is -0.485 e. The third kappa shape index (κ3) is 3.41. The number of aryl methyl sites for hydroxylation is 1. The molecule has 0 saturated heterocycles. The zero-order valence-corrected chi connectivity index (χ0v) is 14.9. The molecule has 0 fully saturated rings. The Morgan fingerprint density at radius 3 is 2.62 bits per heavy atom. The van der Waals surface area contributed by atoms with E-state index in [9.17, 15) is 0 Å². The van der Waals surface area contributed by atoms with Gasteiger partial charge in [-0.15, -0.1) is 0 Å². The van der Waals surface area contributed by atoms with Crippen LogP contribution in [0.3, 0.4) is 0 Å². The van der Waals surface area contributed by atoms with Crippen LogP contribution in [0.15, 0.2) is 48.5 Å². The molecule has 24 heavy (non-hydrogen) atoms. The van der Waals surface area contributed by atoms with E-state index in [1.165, 1.54) is 11.1 Å². The summed E-state index contributed by atoms with van der Waals surface area (Å²) < 4.78 is 8.56.